The summed E-state index contributed by atoms with van der Waals surface area (Å²) in [5.41, 5.74) is 2.85. The first-order valence-electron chi connectivity index (χ1n) is 5.70. The Morgan fingerprint density at radius 3 is 2.59 bits per heavy atom. The van der Waals surface area contributed by atoms with Crippen molar-refractivity contribution in [1.82, 2.24) is 9.78 Å². The largest absolute Gasteiger partial charge is 0.290 e. The van der Waals surface area contributed by atoms with E-state index in [0.29, 0.717) is 5.92 Å². The van der Waals surface area contributed by atoms with Crippen LogP contribution in [0.15, 0.2) is 36.5 Å². The predicted molar refractivity (Wildman–Crippen MR) is 69.6 cm³/mol. The van der Waals surface area contributed by atoms with Crippen LogP contribution in [0.4, 0.5) is 0 Å². The van der Waals surface area contributed by atoms with Crippen molar-refractivity contribution in [2.75, 3.05) is 0 Å². The van der Waals surface area contributed by atoms with Crippen molar-refractivity contribution in [2.45, 2.75) is 18.8 Å². The number of nitrogens with zero attached hydrogens (tertiary/aromatic N) is 2. The molecule has 1 fully saturated rings. The predicted octanol–water partition coefficient (Wildman–Crippen LogP) is 2.77. The highest BCUT2D eigenvalue weighted by molar-refractivity contribution is 7.41. The van der Waals surface area contributed by atoms with Crippen molar-refractivity contribution in [3.05, 3.63) is 47.8 Å². The number of carbonyl (C=O) groups is 1. The zero-order valence-corrected chi connectivity index (χ0v) is 10.5. The van der Waals surface area contributed by atoms with E-state index >= 15 is 0 Å². The van der Waals surface area contributed by atoms with Crippen LogP contribution in [0.5, 0.6) is 0 Å². The molecule has 1 aliphatic carbocycles. The van der Waals surface area contributed by atoms with Crippen LogP contribution >= 0.6 is 9.24 Å². The fraction of sp³-hybridized carbons (Fsp3) is 0.231. The van der Waals surface area contributed by atoms with Gasteiger partial charge in [0.05, 0.1) is 23.1 Å². The summed E-state index contributed by atoms with van der Waals surface area (Å²) >= 11 is 0. The van der Waals surface area contributed by atoms with Crippen LogP contribution in [-0.4, -0.2) is 15.3 Å². The van der Waals surface area contributed by atoms with E-state index in [0.717, 1.165) is 29.8 Å². The number of benzene rings is 1. The van der Waals surface area contributed by atoms with Gasteiger partial charge in [-0.05, 0) is 25.0 Å². The summed E-state index contributed by atoms with van der Waals surface area (Å²) < 4.78 is 1.90. The van der Waals surface area contributed by atoms with Crippen molar-refractivity contribution < 1.29 is 4.79 Å². The molecule has 0 N–H and O–H groups in total. The second-order valence-electron chi connectivity index (χ2n) is 4.33. The van der Waals surface area contributed by atoms with E-state index in [1.807, 2.05) is 35.0 Å². The fourth-order valence-electron chi connectivity index (χ4n) is 2.07. The summed E-state index contributed by atoms with van der Waals surface area (Å²) in [7, 11) is 2.24. The molecule has 1 unspecified atom stereocenters. The minimum Gasteiger partial charge on any atom is -0.290 e. The van der Waals surface area contributed by atoms with E-state index in [2.05, 4.69) is 14.3 Å². The molecule has 3 rings (SSSR count). The molecule has 17 heavy (non-hydrogen) atoms. The smallest absolute Gasteiger partial charge is 0.181 e. The Hall–Kier alpha value is -1.47. The molecule has 86 valence electrons. The van der Waals surface area contributed by atoms with Gasteiger partial charge in [0, 0.05) is 5.92 Å². The van der Waals surface area contributed by atoms with Crippen LogP contribution in [0.3, 0.4) is 0 Å². The van der Waals surface area contributed by atoms with E-state index in [1.54, 1.807) is 6.20 Å². The van der Waals surface area contributed by atoms with E-state index in [4.69, 9.17) is 0 Å². The Morgan fingerprint density at radius 1 is 1.29 bits per heavy atom. The third-order valence-electron chi connectivity index (χ3n) is 3.04. The number of hydrogen-bond acceptors (Lipinski definition) is 2. The fourth-order valence-corrected chi connectivity index (χ4v) is 2.29. The van der Waals surface area contributed by atoms with E-state index in [1.165, 1.54) is 0 Å². The van der Waals surface area contributed by atoms with Crippen LogP contribution in [0.2, 0.25) is 0 Å². The minimum absolute atomic E-state index is 0.0223. The Balaban J connectivity index is 2.14. The van der Waals surface area contributed by atoms with E-state index < -0.39 is 0 Å². The summed E-state index contributed by atoms with van der Waals surface area (Å²) in [6, 6.07) is 9.96. The number of hydrogen-bond donors (Lipinski definition) is 0. The van der Waals surface area contributed by atoms with Gasteiger partial charge < -0.3 is 0 Å². The Bertz CT molecular complexity index is 558. The zero-order valence-electron chi connectivity index (χ0n) is 9.34. The van der Waals surface area contributed by atoms with Crippen LogP contribution in [0, 0.1) is 0 Å². The van der Waals surface area contributed by atoms with Crippen molar-refractivity contribution in [3.63, 3.8) is 0 Å². The second kappa shape index (κ2) is 4.08. The number of para-hydroxylation sites is 1. The van der Waals surface area contributed by atoms with E-state index in [9.17, 15) is 4.79 Å². The third-order valence-corrected chi connectivity index (χ3v) is 3.35. The summed E-state index contributed by atoms with van der Waals surface area (Å²) in [5.74, 6) is 0.497. The first-order valence-corrected chi connectivity index (χ1v) is 6.28. The number of rotatable bonds is 3. The summed E-state index contributed by atoms with van der Waals surface area (Å²) in [6.45, 7) is 0. The molecule has 0 spiro atoms. The average molecular weight is 244 g/mol. The first-order chi connectivity index (χ1) is 8.27. The maximum atomic E-state index is 11.6. The van der Waals surface area contributed by atoms with Gasteiger partial charge in [-0.3, -0.25) is 4.79 Å². The van der Waals surface area contributed by atoms with Crippen LogP contribution in [0.25, 0.3) is 5.69 Å². The van der Waals surface area contributed by atoms with Gasteiger partial charge in [-0.15, -0.1) is 0 Å². The molecule has 1 heterocycles. The lowest BCUT2D eigenvalue weighted by atomic mass is 10.2. The van der Waals surface area contributed by atoms with Crippen LogP contribution < -0.4 is 0 Å². The molecule has 3 nitrogen and oxygen atoms in total. The topological polar surface area (TPSA) is 34.9 Å². The quantitative estimate of drug-likeness (QED) is 0.778. The highest BCUT2D eigenvalue weighted by Crippen LogP contribution is 2.42. The summed E-state index contributed by atoms with van der Waals surface area (Å²) in [4.78, 5) is 11.6. The average Bonchev–Trinajstić information content (AvgIpc) is 3.08. The van der Waals surface area contributed by atoms with Gasteiger partial charge in [0.2, 0.25) is 0 Å². The lowest BCUT2D eigenvalue weighted by Crippen LogP contribution is -2.03. The molecule has 0 radical (unpaired) electrons. The van der Waals surface area contributed by atoms with Gasteiger partial charge >= 0.3 is 0 Å². The van der Waals surface area contributed by atoms with E-state index in [-0.39, 0.29) is 5.52 Å². The Morgan fingerprint density at radius 2 is 2.00 bits per heavy atom. The monoisotopic (exact) mass is 244 g/mol. The highest BCUT2D eigenvalue weighted by Gasteiger charge is 2.31. The highest BCUT2D eigenvalue weighted by atomic mass is 31.0. The lowest BCUT2D eigenvalue weighted by Gasteiger charge is -2.07. The molecule has 1 aliphatic rings. The normalized spacial score (nSPS) is 14.9. The maximum absolute atomic E-state index is 11.6. The second-order valence-corrected chi connectivity index (χ2v) is 4.85. The Labute approximate surface area is 102 Å². The van der Waals surface area contributed by atoms with Crippen molar-refractivity contribution in [3.8, 4) is 5.69 Å². The summed E-state index contributed by atoms with van der Waals surface area (Å²) in [5, 5.41) is 4.35. The van der Waals surface area contributed by atoms with Gasteiger partial charge in [0.1, 0.15) is 0 Å². The number of carbonyl (C=O) groups excluding carboxylic acids is 1. The lowest BCUT2D eigenvalue weighted by molar-refractivity contribution is 0.108. The molecular weight excluding hydrogens is 231 g/mol. The SMILES string of the molecule is O=C(P)c1cnn(-c2ccccc2)c1C1CC1. The van der Waals surface area contributed by atoms with Crippen molar-refractivity contribution in [2.24, 2.45) is 0 Å². The third kappa shape index (κ3) is 1.91. The van der Waals surface area contributed by atoms with Gasteiger partial charge in [0.25, 0.3) is 0 Å². The van der Waals surface area contributed by atoms with Gasteiger partial charge in [0.15, 0.2) is 5.52 Å². The summed E-state index contributed by atoms with van der Waals surface area (Å²) in [6.07, 6.45) is 3.99. The molecule has 1 atom stereocenters. The van der Waals surface area contributed by atoms with Crippen molar-refractivity contribution >= 4 is 14.8 Å². The van der Waals surface area contributed by atoms with Crippen LogP contribution in [-0.2, 0) is 0 Å². The van der Waals surface area contributed by atoms with Gasteiger partial charge in [-0.2, -0.15) is 5.10 Å². The molecule has 1 saturated carbocycles. The molecular formula is C13H13N2OP. The molecule has 2 aromatic rings. The zero-order chi connectivity index (χ0) is 11.8. The number of aromatic nitrogens is 2. The standard InChI is InChI=1S/C13H13N2OP/c16-13(17)11-8-14-15(12(11)9-6-7-9)10-4-2-1-3-5-10/h1-5,8-9H,6-7,17H2. The maximum Gasteiger partial charge on any atom is 0.181 e. The molecule has 0 bridgehead atoms. The van der Waals surface area contributed by atoms with Gasteiger partial charge in [-0.25, -0.2) is 4.68 Å². The minimum atomic E-state index is 0.0223. The molecule has 0 saturated heterocycles. The molecule has 0 aliphatic heterocycles. The molecule has 4 heteroatoms. The van der Waals surface area contributed by atoms with Crippen LogP contribution in [0.1, 0.15) is 34.8 Å². The van der Waals surface area contributed by atoms with Gasteiger partial charge in [-0.1, -0.05) is 27.4 Å². The molecule has 1 aromatic carbocycles. The van der Waals surface area contributed by atoms with Crippen molar-refractivity contribution in [1.29, 1.82) is 0 Å². The molecule has 1 aromatic heterocycles. The first kappa shape index (κ1) is 10.7. The molecule has 0 amide bonds. The Kier molecular flexibility index (Phi) is 2.56.